The number of fused-ring (bicyclic) bond motifs is 4. The van der Waals surface area contributed by atoms with Gasteiger partial charge in [0.25, 0.3) is 5.69 Å². The van der Waals surface area contributed by atoms with Gasteiger partial charge < -0.3 is 14.5 Å². The lowest BCUT2D eigenvalue weighted by Gasteiger charge is -2.45. The molecule has 3 aliphatic heterocycles. The predicted octanol–water partition coefficient (Wildman–Crippen LogP) is 7.23. The normalized spacial score (nSPS) is 20.8. The quantitative estimate of drug-likeness (QED) is 0.211. The van der Waals surface area contributed by atoms with Crippen LogP contribution in [0.3, 0.4) is 0 Å². The van der Waals surface area contributed by atoms with Gasteiger partial charge in [0, 0.05) is 49.0 Å². The van der Waals surface area contributed by atoms with Crippen LogP contribution in [0.2, 0.25) is 0 Å². The third-order valence-electron chi connectivity index (χ3n) is 8.88. The number of non-ortho nitro benzene ring substituents is 1. The SMILES string of the molecule is CN1c2ccc([N+](=O)[O-])cc2C(C)(C)C12C=Nc1cc(-c3ccc(N4CCCC4)cc3)c3ccccc3c1O2. The first kappa shape index (κ1) is 23.7. The standard InChI is InChI=1S/C32H30N4O3/c1-31(2)27-18-23(36(37)38)14-15-29(27)34(3)32(31)20-33-28-19-26(24-8-4-5-9-25(24)30(28)39-32)21-10-12-22(13-11-21)35-16-6-7-17-35/h4-5,8-15,18-20H,6-7,16-17H2,1-3H3. The van der Waals surface area contributed by atoms with Crippen LogP contribution in [0, 0.1) is 10.1 Å². The van der Waals surface area contributed by atoms with Crippen molar-refractivity contribution in [3.8, 4) is 16.9 Å². The number of hydrogen-bond donors (Lipinski definition) is 0. The van der Waals surface area contributed by atoms with Crippen LogP contribution in [-0.2, 0) is 5.41 Å². The number of likely N-dealkylation sites (N-methyl/N-ethyl adjacent to an activating group) is 1. The average Bonchev–Trinajstić information content (AvgIpc) is 3.55. The number of nitro benzene ring substituents is 1. The van der Waals surface area contributed by atoms with Gasteiger partial charge in [-0.05, 0) is 73.0 Å². The fourth-order valence-corrected chi connectivity index (χ4v) is 6.61. The minimum Gasteiger partial charge on any atom is -0.459 e. The Hall–Kier alpha value is -4.39. The molecule has 1 saturated heterocycles. The van der Waals surface area contributed by atoms with Crippen LogP contribution in [0.25, 0.3) is 21.9 Å². The van der Waals surface area contributed by atoms with Crippen molar-refractivity contribution in [2.75, 3.05) is 29.9 Å². The monoisotopic (exact) mass is 518 g/mol. The first-order chi connectivity index (χ1) is 18.8. The number of anilines is 2. The largest absolute Gasteiger partial charge is 0.459 e. The molecule has 0 aliphatic carbocycles. The third-order valence-corrected chi connectivity index (χ3v) is 8.88. The molecule has 7 rings (SSSR count). The van der Waals surface area contributed by atoms with Gasteiger partial charge in [-0.3, -0.25) is 15.1 Å². The highest BCUT2D eigenvalue weighted by atomic mass is 16.6. The Bertz CT molecular complexity index is 1670. The number of hydrogen-bond acceptors (Lipinski definition) is 6. The zero-order valence-corrected chi connectivity index (χ0v) is 22.3. The molecule has 7 heteroatoms. The van der Waals surface area contributed by atoms with Gasteiger partial charge in [-0.2, -0.15) is 0 Å². The van der Waals surface area contributed by atoms with Gasteiger partial charge in [-0.25, -0.2) is 0 Å². The van der Waals surface area contributed by atoms with Gasteiger partial charge in [-0.15, -0.1) is 0 Å². The molecule has 3 heterocycles. The summed E-state index contributed by atoms with van der Waals surface area (Å²) in [5, 5.41) is 13.6. The van der Waals surface area contributed by atoms with Crippen LogP contribution in [-0.4, -0.2) is 37.0 Å². The van der Waals surface area contributed by atoms with E-state index < -0.39 is 11.1 Å². The van der Waals surface area contributed by atoms with Crippen molar-refractivity contribution in [1.82, 2.24) is 0 Å². The van der Waals surface area contributed by atoms with E-state index in [-0.39, 0.29) is 10.6 Å². The molecular weight excluding hydrogens is 488 g/mol. The van der Waals surface area contributed by atoms with Gasteiger partial charge in [-0.1, -0.05) is 36.4 Å². The number of benzene rings is 4. The van der Waals surface area contributed by atoms with Crippen molar-refractivity contribution < 1.29 is 9.66 Å². The van der Waals surface area contributed by atoms with Crippen molar-refractivity contribution in [1.29, 1.82) is 0 Å². The van der Waals surface area contributed by atoms with E-state index in [9.17, 15) is 10.1 Å². The highest BCUT2D eigenvalue weighted by Gasteiger charge is 2.59. The topological polar surface area (TPSA) is 71.2 Å². The first-order valence-electron chi connectivity index (χ1n) is 13.5. The van der Waals surface area contributed by atoms with E-state index in [2.05, 4.69) is 72.2 Å². The van der Waals surface area contributed by atoms with E-state index in [4.69, 9.17) is 9.73 Å². The molecule has 3 aliphatic rings. The Balaban J connectivity index is 1.34. The van der Waals surface area contributed by atoms with Crippen molar-refractivity contribution in [2.45, 2.75) is 37.8 Å². The molecule has 1 fully saturated rings. The Morgan fingerprint density at radius 1 is 0.949 bits per heavy atom. The second-order valence-corrected chi connectivity index (χ2v) is 11.3. The van der Waals surface area contributed by atoms with Crippen LogP contribution < -0.4 is 14.5 Å². The van der Waals surface area contributed by atoms with Gasteiger partial charge >= 0.3 is 0 Å². The molecule has 0 radical (unpaired) electrons. The maximum Gasteiger partial charge on any atom is 0.269 e. The predicted molar refractivity (Wildman–Crippen MR) is 157 cm³/mol. The van der Waals surface area contributed by atoms with Crippen molar-refractivity contribution >= 4 is 39.7 Å². The summed E-state index contributed by atoms with van der Waals surface area (Å²) in [6.07, 6.45) is 4.38. The molecule has 39 heavy (non-hydrogen) atoms. The molecule has 7 nitrogen and oxygen atoms in total. The average molecular weight is 519 g/mol. The van der Waals surface area contributed by atoms with Crippen LogP contribution in [0.4, 0.5) is 22.7 Å². The van der Waals surface area contributed by atoms with Crippen LogP contribution in [0.1, 0.15) is 32.3 Å². The van der Waals surface area contributed by atoms with Gasteiger partial charge in [0.05, 0.1) is 16.6 Å². The van der Waals surface area contributed by atoms with Crippen molar-refractivity contribution in [3.05, 3.63) is 88.5 Å². The zero-order chi connectivity index (χ0) is 26.9. The fraction of sp³-hybridized carbons (Fsp3) is 0.281. The van der Waals surface area contributed by atoms with Gasteiger partial charge in [0.15, 0.2) is 5.75 Å². The lowest BCUT2D eigenvalue weighted by atomic mass is 9.77. The second-order valence-electron chi connectivity index (χ2n) is 11.3. The molecule has 1 spiro atoms. The molecule has 196 valence electrons. The maximum absolute atomic E-state index is 11.5. The fourth-order valence-electron chi connectivity index (χ4n) is 6.61. The molecule has 0 aromatic heterocycles. The third kappa shape index (κ3) is 3.32. The van der Waals surface area contributed by atoms with E-state index in [0.29, 0.717) is 0 Å². The maximum atomic E-state index is 11.5. The molecule has 0 N–H and O–H groups in total. The van der Waals surface area contributed by atoms with Crippen LogP contribution in [0.5, 0.6) is 5.75 Å². The van der Waals surface area contributed by atoms with E-state index >= 15 is 0 Å². The van der Waals surface area contributed by atoms with Crippen molar-refractivity contribution in [2.24, 2.45) is 4.99 Å². The van der Waals surface area contributed by atoms with Gasteiger partial charge in [0.2, 0.25) is 5.72 Å². The summed E-state index contributed by atoms with van der Waals surface area (Å²) in [5.74, 6) is 0.729. The van der Waals surface area contributed by atoms with E-state index in [0.717, 1.165) is 57.7 Å². The Labute approximate surface area is 227 Å². The van der Waals surface area contributed by atoms with E-state index in [1.54, 1.807) is 12.1 Å². The lowest BCUT2D eigenvalue weighted by Crippen LogP contribution is -2.61. The summed E-state index contributed by atoms with van der Waals surface area (Å²) in [4.78, 5) is 20.7. The molecule has 4 aromatic rings. The summed E-state index contributed by atoms with van der Waals surface area (Å²) in [6.45, 7) is 6.37. The first-order valence-corrected chi connectivity index (χ1v) is 13.5. The molecule has 0 saturated carbocycles. The minimum atomic E-state index is -0.931. The summed E-state index contributed by atoms with van der Waals surface area (Å²) in [5.41, 5.74) is 4.63. The molecule has 1 atom stereocenters. The number of ether oxygens (including phenoxy) is 1. The number of rotatable bonds is 3. The lowest BCUT2D eigenvalue weighted by molar-refractivity contribution is -0.384. The zero-order valence-electron chi connectivity index (χ0n) is 22.3. The highest BCUT2D eigenvalue weighted by molar-refractivity contribution is 6.05. The number of aliphatic imine (C=N–C) groups is 1. The highest BCUT2D eigenvalue weighted by Crippen LogP contribution is 2.55. The Morgan fingerprint density at radius 2 is 1.67 bits per heavy atom. The minimum absolute atomic E-state index is 0.0752. The number of nitrogens with zero attached hydrogens (tertiary/aromatic N) is 4. The summed E-state index contributed by atoms with van der Waals surface area (Å²) in [6, 6.07) is 24.3. The van der Waals surface area contributed by atoms with E-state index in [1.807, 2.05) is 25.4 Å². The molecule has 0 bridgehead atoms. The smallest absolute Gasteiger partial charge is 0.269 e. The molecular formula is C32H30N4O3. The summed E-state index contributed by atoms with van der Waals surface area (Å²) < 4.78 is 6.98. The second kappa shape index (κ2) is 8.30. The Kier molecular flexibility index (Phi) is 5.05. The van der Waals surface area contributed by atoms with E-state index in [1.165, 1.54) is 18.5 Å². The summed E-state index contributed by atoms with van der Waals surface area (Å²) in [7, 11) is 1.97. The molecule has 0 amide bonds. The Morgan fingerprint density at radius 3 is 2.38 bits per heavy atom. The van der Waals surface area contributed by atoms with Crippen molar-refractivity contribution in [3.63, 3.8) is 0 Å². The summed E-state index contributed by atoms with van der Waals surface area (Å²) >= 11 is 0. The van der Waals surface area contributed by atoms with Gasteiger partial charge in [0.1, 0.15) is 5.69 Å². The number of nitro groups is 1. The van der Waals surface area contributed by atoms with Crippen LogP contribution in [0.15, 0.2) is 77.8 Å². The molecule has 1 unspecified atom stereocenters. The molecule has 4 aromatic carbocycles. The van der Waals surface area contributed by atoms with Crippen LogP contribution >= 0.6 is 0 Å².